The van der Waals surface area contributed by atoms with Crippen LogP contribution in [0, 0.1) is 0 Å². The fraction of sp³-hybridized carbons (Fsp3) is 0.400. The topological polar surface area (TPSA) is 75.1 Å². The van der Waals surface area contributed by atoms with Crippen LogP contribution in [0.15, 0.2) is 16.8 Å². The SMILES string of the molecule is [N-]=[N+]=NCC1=CC(=O)OC1. The van der Waals surface area contributed by atoms with E-state index < -0.39 is 0 Å². The molecule has 5 nitrogen and oxygen atoms in total. The highest BCUT2D eigenvalue weighted by Crippen LogP contribution is 2.05. The van der Waals surface area contributed by atoms with Gasteiger partial charge < -0.3 is 4.74 Å². The Hall–Kier alpha value is -1.48. The molecule has 0 unspecified atom stereocenters. The second-order valence-corrected chi connectivity index (χ2v) is 1.80. The number of carbonyl (C=O) groups is 1. The predicted octanol–water partition coefficient (Wildman–Crippen LogP) is 0.780. The Morgan fingerprint density at radius 1 is 1.90 bits per heavy atom. The smallest absolute Gasteiger partial charge is 0.331 e. The lowest BCUT2D eigenvalue weighted by Crippen LogP contribution is -1.92. The van der Waals surface area contributed by atoms with E-state index in [0.29, 0.717) is 0 Å². The van der Waals surface area contributed by atoms with Crippen LogP contribution in [0.5, 0.6) is 0 Å². The Morgan fingerprint density at radius 2 is 2.70 bits per heavy atom. The van der Waals surface area contributed by atoms with Crippen molar-refractivity contribution in [2.75, 3.05) is 13.2 Å². The molecule has 5 heteroatoms. The van der Waals surface area contributed by atoms with Crippen LogP contribution >= 0.6 is 0 Å². The normalized spacial score (nSPS) is 15.6. The van der Waals surface area contributed by atoms with Crippen LogP contribution < -0.4 is 0 Å². The van der Waals surface area contributed by atoms with E-state index >= 15 is 0 Å². The number of ether oxygens (including phenoxy) is 1. The monoisotopic (exact) mass is 139 g/mol. The Morgan fingerprint density at radius 3 is 3.20 bits per heavy atom. The molecule has 0 aromatic heterocycles. The Balaban J connectivity index is 2.50. The van der Waals surface area contributed by atoms with E-state index in [0.717, 1.165) is 5.57 Å². The summed E-state index contributed by atoms with van der Waals surface area (Å²) in [5.74, 6) is -0.358. The Kier molecular flexibility index (Phi) is 1.92. The fourth-order valence-electron chi connectivity index (χ4n) is 0.628. The minimum atomic E-state index is -0.358. The van der Waals surface area contributed by atoms with E-state index in [1.54, 1.807) is 0 Å². The van der Waals surface area contributed by atoms with Crippen LogP contribution in [-0.2, 0) is 9.53 Å². The predicted molar refractivity (Wildman–Crippen MR) is 33.1 cm³/mol. The van der Waals surface area contributed by atoms with Crippen molar-refractivity contribution < 1.29 is 9.53 Å². The van der Waals surface area contributed by atoms with Gasteiger partial charge in [0, 0.05) is 11.0 Å². The lowest BCUT2D eigenvalue weighted by molar-refractivity contribution is -0.134. The maximum absolute atomic E-state index is 10.4. The van der Waals surface area contributed by atoms with Crippen LogP contribution in [0.25, 0.3) is 10.4 Å². The largest absolute Gasteiger partial charge is 0.458 e. The van der Waals surface area contributed by atoms with Gasteiger partial charge in [0.2, 0.25) is 0 Å². The second kappa shape index (κ2) is 2.89. The zero-order valence-corrected chi connectivity index (χ0v) is 5.15. The van der Waals surface area contributed by atoms with Gasteiger partial charge in [-0.2, -0.15) is 0 Å². The lowest BCUT2D eigenvalue weighted by atomic mass is 10.3. The van der Waals surface area contributed by atoms with Gasteiger partial charge in [0.1, 0.15) is 6.61 Å². The van der Waals surface area contributed by atoms with Gasteiger partial charge in [-0.15, -0.1) is 0 Å². The number of esters is 1. The second-order valence-electron chi connectivity index (χ2n) is 1.80. The van der Waals surface area contributed by atoms with Crippen molar-refractivity contribution >= 4 is 5.97 Å². The van der Waals surface area contributed by atoms with E-state index in [1.165, 1.54) is 6.08 Å². The molecule has 1 heterocycles. The molecule has 0 amide bonds. The standard InChI is InChI=1S/C5H5N3O2/c6-8-7-2-4-1-5(9)10-3-4/h1H,2-3H2. The first-order valence-electron chi connectivity index (χ1n) is 2.70. The molecule has 1 aliphatic rings. The van der Waals surface area contributed by atoms with Crippen molar-refractivity contribution in [3.8, 4) is 0 Å². The third-order valence-electron chi connectivity index (χ3n) is 1.06. The average Bonchev–Trinajstić information content (AvgIpc) is 2.31. The molecule has 0 saturated carbocycles. The summed E-state index contributed by atoms with van der Waals surface area (Å²) >= 11 is 0. The number of nitrogens with zero attached hydrogens (tertiary/aromatic N) is 3. The average molecular weight is 139 g/mol. The third kappa shape index (κ3) is 1.50. The molecule has 1 aliphatic heterocycles. The fourth-order valence-corrected chi connectivity index (χ4v) is 0.628. The number of cyclic esters (lactones) is 1. The maximum Gasteiger partial charge on any atom is 0.331 e. The number of rotatable bonds is 2. The molecule has 0 N–H and O–H groups in total. The van der Waals surface area contributed by atoms with Gasteiger partial charge in [-0.3, -0.25) is 0 Å². The highest BCUT2D eigenvalue weighted by molar-refractivity contribution is 5.85. The van der Waals surface area contributed by atoms with Crippen molar-refractivity contribution in [1.82, 2.24) is 0 Å². The van der Waals surface area contributed by atoms with Crippen LogP contribution in [0.4, 0.5) is 0 Å². The molecule has 0 bridgehead atoms. The van der Waals surface area contributed by atoms with Crippen molar-refractivity contribution in [2.24, 2.45) is 5.11 Å². The molecule has 0 aromatic rings. The molecular formula is C5H5N3O2. The first-order chi connectivity index (χ1) is 4.83. The minimum absolute atomic E-state index is 0.224. The molecule has 0 radical (unpaired) electrons. The van der Waals surface area contributed by atoms with Crippen molar-refractivity contribution in [3.05, 3.63) is 22.1 Å². The van der Waals surface area contributed by atoms with E-state index in [2.05, 4.69) is 14.8 Å². The quantitative estimate of drug-likeness (QED) is 0.245. The summed E-state index contributed by atoms with van der Waals surface area (Å²) in [5, 5.41) is 3.27. The minimum Gasteiger partial charge on any atom is -0.458 e. The molecule has 0 saturated heterocycles. The molecule has 0 fully saturated rings. The number of hydrogen-bond donors (Lipinski definition) is 0. The van der Waals surface area contributed by atoms with Crippen LogP contribution in [-0.4, -0.2) is 19.1 Å². The summed E-state index contributed by atoms with van der Waals surface area (Å²) in [6, 6.07) is 0. The summed E-state index contributed by atoms with van der Waals surface area (Å²) < 4.78 is 4.55. The van der Waals surface area contributed by atoms with Gasteiger partial charge in [-0.25, -0.2) is 4.79 Å². The third-order valence-corrected chi connectivity index (χ3v) is 1.06. The van der Waals surface area contributed by atoms with E-state index in [9.17, 15) is 4.79 Å². The van der Waals surface area contributed by atoms with Gasteiger partial charge in [0.25, 0.3) is 0 Å². The molecule has 0 aromatic carbocycles. The molecule has 10 heavy (non-hydrogen) atoms. The molecule has 0 atom stereocenters. The summed E-state index contributed by atoms with van der Waals surface area (Å²) in [6.45, 7) is 0.486. The molecule has 0 aliphatic carbocycles. The molecule has 0 spiro atoms. The van der Waals surface area contributed by atoms with Crippen molar-refractivity contribution in [3.63, 3.8) is 0 Å². The molecular weight excluding hydrogens is 134 g/mol. The highest BCUT2D eigenvalue weighted by Gasteiger charge is 2.10. The Labute approximate surface area is 56.9 Å². The first kappa shape index (κ1) is 6.64. The van der Waals surface area contributed by atoms with Crippen LogP contribution in [0.1, 0.15) is 0 Å². The Bertz CT molecular complexity index is 227. The molecule has 1 rings (SSSR count). The van der Waals surface area contributed by atoms with Crippen molar-refractivity contribution in [1.29, 1.82) is 0 Å². The maximum atomic E-state index is 10.4. The number of azide groups is 1. The van der Waals surface area contributed by atoms with Crippen LogP contribution in [0.2, 0.25) is 0 Å². The van der Waals surface area contributed by atoms with E-state index in [4.69, 9.17) is 5.53 Å². The highest BCUT2D eigenvalue weighted by atomic mass is 16.5. The van der Waals surface area contributed by atoms with E-state index in [1.807, 2.05) is 0 Å². The van der Waals surface area contributed by atoms with Crippen LogP contribution in [0.3, 0.4) is 0 Å². The summed E-state index contributed by atoms with van der Waals surface area (Å²) in [6.07, 6.45) is 1.34. The van der Waals surface area contributed by atoms with E-state index in [-0.39, 0.29) is 19.1 Å². The number of carbonyl (C=O) groups excluding carboxylic acids is 1. The number of hydrogen-bond acceptors (Lipinski definition) is 3. The zero-order valence-electron chi connectivity index (χ0n) is 5.15. The first-order valence-corrected chi connectivity index (χ1v) is 2.70. The van der Waals surface area contributed by atoms with Gasteiger partial charge in [-0.05, 0) is 11.1 Å². The lowest BCUT2D eigenvalue weighted by Gasteiger charge is -1.90. The summed E-state index contributed by atoms with van der Waals surface area (Å²) in [5.41, 5.74) is 8.62. The van der Waals surface area contributed by atoms with Gasteiger partial charge in [0.15, 0.2) is 0 Å². The zero-order chi connectivity index (χ0) is 7.40. The van der Waals surface area contributed by atoms with Crippen molar-refractivity contribution in [2.45, 2.75) is 0 Å². The summed E-state index contributed by atoms with van der Waals surface area (Å²) in [4.78, 5) is 12.9. The van der Waals surface area contributed by atoms with Gasteiger partial charge in [-0.1, -0.05) is 5.11 Å². The summed E-state index contributed by atoms with van der Waals surface area (Å²) in [7, 11) is 0. The molecule has 52 valence electrons. The van der Waals surface area contributed by atoms with Gasteiger partial charge >= 0.3 is 5.97 Å². The van der Waals surface area contributed by atoms with Gasteiger partial charge in [0.05, 0.1) is 6.54 Å².